The van der Waals surface area contributed by atoms with E-state index in [1.807, 2.05) is 44.2 Å². The summed E-state index contributed by atoms with van der Waals surface area (Å²) in [5, 5.41) is 0. The van der Waals surface area contributed by atoms with Crippen LogP contribution in [0.25, 0.3) is 0 Å². The quantitative estimate of drug-likeness (QED) is 0.598. The van der Waals surface area contributed by atoms with Gasteiger partial charge in [0.1, 0.15) is 6.10 Å². The zero-order chi connectivity index (χ0) is 15.1. The first-order valence-corrected chi connectivity index (χ1v) is 8.32. The number of esters is 1. The van der Waals surface area contributed by atoms with E-state index in [1.165, 1.54) is 0 Å². The smallest absolute Gasteiger partial charge is 0.339 e. The van der Waals surface area contributed by atoms with Crippen molar-refractivity contribution in [3.63, 3.8) is 0 Å². The molecule has 21 heavy (non-hydrogen) atoms. The van der Waals surface area contributed by atoms with Crippen LogP contribution in [0, 0.1) is 13.8 Å². The molecule has 0 aromatic heterocycles. The van der Waals surface area contributed by atoms with Gasteiger partial charge in [-0.1, -0.05) is 62.2 Å². The van der Waals surface area contributed by atoms with Crippen LogP contribution in [-0.2, 0) is 11.2 Å². The molecule has 1 aliphatic heterocycles. The van der Waals surface area contributed by atoms with E-state index < -0.39 is 0 Å². The lowest BCUT2D eigenvalue weighted by molar-refractivity contribution is 0.0250. The third kappa shape index (κ3) is 2.44. The Hall–Kier alpha value is -1.13. The fourth-order valence-corrected chi connectivity index (χ4v) is 4.01. The molecule has 2 aromatic carbocycles. The summed E-state index contributed by atoms with van der Waals surface area (Å²) in [6.45, 7) is 3.99. The van der Waals surface area contributed by atoms with Crippen molar-refractivity contribution >= 4 is 37.8 Å². The predicted octanol–water partition coefficient (Wildman–Crippen LogP) is 5.28. The second kappa shape index (κ2) is 5.58. The van der Waals surface area contributed by atoms with E-state index in [0.29, 0.717) is 12.0 Å². The van der Waals surface area contributed by atoms with Gasteiger partial charge in [-0.15, -0.1) is 0 Å². The van der Waals surface area contributed by atoms with Crippen molar-refractivity contribution in [3.8, 4) is 0 Å². The van der Waals surface area contributed by atoms with E-state index in [-0.39, 0.29) is 12.1 Å². The first kappa shape index (κ1) is 14.8. The number of fused-ring (bicyclic) bond motifs is 1. The van der Waals surface area contributed by atoms with Crippen LogP contribution in [0.3, 0.4) is 0 Å². The van der Waals surface area contributed by atoms with Gasteiger partial charge in [-0.2, -0.15) is 0 Å². The average molecular weight is 410 g/mol. The average Bonchev–Trinajstić information content (AvgIpc) is 2.51. The van der Waals surface area contributed by atoms with Crippen molar-refractivity contribution in [3.05, 3.63) is 67.1 Å². The summed E-state index contributed by atoms with van der Waals surface area (Å²) in [6.07, 6.45) is 0.475. The van der Waals surface area contributed by atoms with Crippen molar-refractivity contribution in [2.75, 3.05) is 0 Å². The third-order valence-corrected chi connectivity index (χ3v) is 6.21. The maximum atomic E-state index is 12.4. The van der Waals surface area contributed by atoms with E-state index in [4.69, 9.17) is 4.74 Å². The van der Waals surface area contributed by atoms with Gasteiger partial charge in [0, 0.05) is 15.4 Å². The van der Waals surface area contributed by atoms with Gasteiger partial charge in [0.2, 0.25) is 0 Å². The summed E-state index contributed by atoms with van der Waals surface area (Å²) in [6, 6.07) is 9.88. The Morgan fingerprint density at radius 2 is 1.71 bits per heavy atom. The predicted molar refractivity (Wildman–Crippen MR) is 89.6 cm³/mol. The minimum atomic E-state index is -0.246. The summed E-state index contributed by atoms with van der Waals surface area (Å²) in [7, 11) is 0. The standard InChI is InChI=1S/C17H14Br2O2/c1-9-14-12(16(19)10(2)15(9)18)8-13(21-17(14)20)11-6-4-3-5-7-11/h3-7,13H,8H2,1-2H3. The summed E-state index contributed by atoms with van der Waals surface area (Å²) < 4.78 is 7.60. The van der Waals surface area contributed by atoms with Gasteiger partial charge in [-0.25, -0.2) is 4.79 Å². The van der Waals surface area contributed by atoms with Crippen LogP contribution in [0.15, 0.2) is 39.3 Å². The van der Waals surface area contributed by atoms with Crippen LogP contribution in [0.2, 0.25) is 0 Å². The van der Waals surface area contributed by atoms with Crippen LogP contribution >= 0.6 is 31.9 Å². The second-order valence-corrected chi connectivity index (χ2v) is 6.83. The molecule has 4 heteroatoms. The van der Waals surface area contributed by atoms with E-state index in [2.05, 4.69) is 31.9 Å². The highest BCUT2D eigenvalue weighted by Crippen LogP contribution is 2.41. The molecular formula is C17H14Br2O2. The Morgan fingerprint density at radius 3 is 2.38 bits per heavy atom. The highest BCUT2D eigenvalue weighted by atomic mass is 79.9. The summed E-state index contributed by atoms with van der Waals surface area (Å²) in [5.41, 5.74) is 4.82. The molecule has 3 rings (SSSR count). The van der Waals surface area contributed by atoms with Crippen LogP contribution in [0.4, 0.5) is 0 Å². The number of halogens is 2. The third-order valence-electron chi connectivity index (χ3n) is 3.94. The van der Waals surface area contributed by atoms with E-state index >= 15 is 0 Å². The first-order valence-electron chi connectivity index (χ1n) is 6.73. The Morgan fingerprint density at radius 1 is 1.05 bits per heavy atom. The largest absolute Gasteiger partial charge is 0.454 e. The minimum Gasteiger partial charge on any atom is -0.454 e. The molecule has 1 heterocycles. The fraction of sp³-hybridized carbons (Fsp3) is 0.235. The first-order chi connectivity index (χ1) is 10.0. The normalized spacial score (nSPS) is 17.3. The zero-order valence-electron chi connectivity index (χ0n) is 11.7. The van der Waals surface area contributed by atoms with Crippen LogP contribution in [0.1, 0.15) is 38.7 Å². The molecule has 0 aliphatic carbocycles. The number of ether oxygens (including phenoxy) is 1. The molecule has 0 saturated carbocycles. The number of rotatable bonds is 1. The highest BCUT2D eigenvalue weighted by Gasteiger charge is 2.32. The highest BCUT2D eigenvalue weighted by molar-refractivity contribution is 9.11. The molecule has 0 bridgehead atoms. The van der Waals surface area contributed by atoms with E-state index in [1.54, 1.807) is 0 Å². The molecule has 2 aromatic rings. The van der Waals surface area contributed by atoms with E-state index in [9.17, 15) is 4.79 Å². The lowest BCUT2D eigenvalue weighted by Gasteiger charge is -2.28. The van der Waals surface area contributed by atoms with Crippen LogP contribution in [-0.4, -0.2) is 5.97 Å². The molecule has 2 nitrogen and oxygen atoms in total. The molecule has 1 aliphatic rings. The number of carbonyl (C=O) groups excluding carboxylic acids is 1. The second-order valence-electron chi connectivity index (χ2n) is 5.24. The number of benzene rings is 2. The molecule has 1 atom stereocenters. The molecule has 0 saturated heterocycles. The van der Waals surface area contributed by atoms with Gasteiger partial charge in [0.15, 0.2) is 0 Å². The zero-order valence-corrected chi connectivity index (χ0v) is 14.9. The SMILES string of the molecule is Cc1c(Br)c(C)c2c(c1Br)CC(c1ccccc1)OC2=O. The van der Waals surface area contributed by atoms with Gasteiger partial charge in [-0.05, 0) is 36.1 Å². The van der Waals surface area contributed by atoms with Crippen molar-refractivity contribution in [2.45, 2.75) is 26.4 Å². The molecule has 0 spiro atoms. The van der Waals surface area contributed by atoms with Crippen LogP contribution in [0.5, 0.6) is 0 Å². The van der Waals surface area contributed by atoms with Crippen LogP contribution < -0.4 is 0 Å². The summed E-state index contributed by atoms with van der Waals surface area (Å²) in [5.74, 6) is -0.246. The minimum absolute atomic E-state index is 0.220. The molecular weight excluding hydrogens is 396 g/mol. The van der Waals surface area contributed by atoms with E-state index in [0.717, 1.165) is 31.2 Å². The van der Waals surface area contributed by atoms with Crippen molar-refractivity contribution < 1.29 is 9.53 Å². The van der Waals surface area contributed by atoms with Gasteiger partial charge in [0.05, 0.1) is 5.56 Å². The molecule has 108 valence electrons. The van der Waals surface area contributed by atoms with Gasteiger partial charge in [-0.3, -0.25) is 0 Å². The summed E-state index contributed by atoms with van der Waals surface area (Å²) in [4.78, 5) is 12.4. The topological polar surface area (TPSA) is 26.3 Å². The van der Waals surface area contributed by atoms with Crippen molar-refractivity contribution in [2.24, 2.45) is 0 Å². The maximum absolute atomic E-state index is 12.4. The van der Waals surface area contributed by atoms with Crippen molar-refractivity contribution in [1.82, 2.24) is 0 Å². The molecule has 0 radical (unpaired) electrons. The molecule has 1 unspecified atom stereocenters. The monoisotopic (exact) mass is 408 g/mol. The van der Waals surface area contributed by atoms with Gasteiger partial charge >= 0.3 is 5.97 Å². The lowest BCUT2D eigenvalue weighted by Crippen LogP contribution is -2.24. The Labute approximate surface area is 140 Å². The number of cyclic esters (lactones) is 1. The maximum Gasteiger partial charge on any atom is 0.339 e. The van der Waals surface area contributed by atoms with Crippen molar-refractivity contribution in [1.29, 1.82) is 0 Å². The lowest BCUT2D eigenvalue weighted by atomic mass is 9.90. The Kier molecular flexibility index (Phi) is 3.93. The Bertz CT molecular complexity index is 724. The van der Waals surface area contributed by atoms with Gasteiger partial charge < -0.3 is 4.74 Å². The number of hydrogen-bond acceptors (Lipinski definition) is 2. The Balaban J connectivity index is 2.13. The molecule has 0 fully saturated rings. The number of hydrogen-bond donors (Lipinski definition) is 0. The summed E-state index contributed by atoms with van der Waals surface area (Å²) >= 11 is 7.20. The number of carbonyl (C=O) groups is 1. The fourth-order valence-electron chi connectivity index (χ4n) is 2.79. The molecule has 0 amide bonds. The van der Waals surface area contributed by atoms with Gasteiger partial charge in [0.25, 0.3) is 0 Å². The molecule has 0 N–H and O–H groups in total.